The third-order valence-corrected chi connectivity index (χ3v) is 3.79. The second-order valence-corrected chi connectivity index (χ2v) is 5.16. The number of rotatable bonds is 3. The van der Waals surface area contributed by atoms with E-state index in [1.165, 1.54) is 0 Å². The summed E-state index contributed by atoms with van der Waals surface area (Å²) >= 11 is 0. The number of amides is 1. The second kappa shape index (κ2) is 5.40. The van der Waals surface area contributed by atoms with E-state index in [0.717, 1.165) is 10.9 Å². The molecule has 1 aromatic heterocycles. The Morgan fingerprint density at radius 3 is 2.76 bits per heavy atom. The molecule has 0 unspecified atom stereocenters. The Morgan fingerprint density at radius 1 is 1.24 bits per heavy atom. The average molecular weight is 285 g/mol. The fourth-order valence-corrected chi connectivity index (χ4v) is 2.63. The standard InChI is InChI=1S/C15H15N3O3/c19-14(11-3-1-2-4-12(11)15(20)21)17-10-5-6-13-9(7-10)8-16-18-13/h1-2,5-8,11-12H,3-4H2,(H,16,18)(H,17,19)(H,20,21)/t11-,12+/m1/s1. The molecular formula is C15H15N3O3. The first-order chi connectivity index (χ1) is 10.1. The molecule has 108 valence electrons. The highest BCUT2D eigenvalue weighted by molar-refractivity contribution is 5.97. The highest BCUT2D eigenvalue weighted by atomic mass is 16.4. The number of carbonyl (C=O) groups is 2. The summed E-state index contributed by atoms with van der Waals surface area (Å²) in [5.74, 6) is -2.38. The maximum absolute atomic E-state index is 12.3. The number of carboxylic acids is 1. The van der Waals surface area contributed by atoms with Gasteiger partial charge in [0.1, 0.15) is 0 Å². The number of hydrogen-bond acceptors (Lipinski definition) is 3. The summed E-state index contributed by atoms with van der Waals surface area (Å²) < 4.78 is 0. The monoisotopic (exact) mass is 285 g/mol. The van der Waals surface area contributed by atoms with Crippen LogP contribution in [-0.4, -0.2) is 27.2 Å². The Morgan fingerprint density at radius 2 is 2.00 bits per heavy atom. The highest BCUT2D eigenvalue weighted by Gasteiger charge is 2.33. The highest BCUT2D eigenvalue weighted by Crippen LogP contribution is 2.27. The summed E-state index contributed by atoms with van der Waals surface area (Å²) in [6, 6.07) is 5.41. The Balaban J connectivity index is 1.78. The number of nitrogens with zero attached hydrogens (tertiary/aromatic N) is 1. The minimum Gasteiger partial charge on any atom is -0.481 e. The largest absolute Gasteiger partial charge is 0.481 e. The van der Waals surface area contributed by atoms with Crippen LogP contribution in [-0.2, 0) is 9.59 Å². The van der Waals surface area contributed by atoms with E-state index in [-0.39, 0.29) is 5.91 Å². The summed E-state index contributed by atoms with van der Waals surface area (Å²) in [6.07, 6.45) is 6.21. The molecule has 3 rings (SSSR count). The van der Waals surface area contributed by atoms with Gasteiger partial charge in [0, 0.05) is 11.1 Å². The molecule has 3 N–H and O–H groups in total. The summed E-state index contributed by atoms with van der Waals surface area (Å²) in [5.41, 5.74) is 1.53. The lowest BCUT2D eigenvalue weighted by atomic mass is 9.82. The molecule has 0 aliphatic heterocycles. The Labute approximate surface area is 120 Å². The van der Waals surface area contributed by atoms with Gasteiger partial charge in [-0.15, -0.1) is 0 Å². The van der Waals surface area contributed by atoms with E-state index in [0.29, 0.717) is 18.5 Å². The Kier molecular flexibility index (Phi) is 3.43. The number of nitrogens with one attached hydrogen (secondary N) is 2. The van der Waals surface area contributed by atoms with Gasteiger partial charge in [-0.3, -0.25) is 14.7 Å². The molecule has 1 aliphatic rings. The number of aromatic amines is 1. The van der Waals surface area contributed by atoms with Gasteiger partial charge >= 0.3 is 5.97 Å². The van der Waals surface area contributed by atoms with Crippen LogP contribution in [0.5, 0.6) is 0 Å². The zero-order valence-corrected chi connectivity index (χ0v) is 11.2. The van der Waals surface area contributed by atoms with Gasteiger partial charge in [-0.2, -0.15) is 5.10 Å². The zero-order chi connectivity index (χ0) is 14.8. The molecule has 0 saturated carbocycles. The van der Waals surface area contributed by atoms with Crippen molar-refractivity contribution in [1.29, 1.82) is 0 Å². The van der Waals surface area contributed by atoms with E-state index in [2.05, 4.69) is 15.5 Å². The summed E-state index contributed by atoms with van der Waals surface area (Å²) in [7, 11) is 0. The van der Waals surface area contributed by atoms with Crippen LogP contribution in [0.2, 0.25) is 0 Å². The van der Waals surface area contributed by atoms with Crippen molar-refractivity contribution in [2.45, 2.75) is 12.8 Å². The summed E-state index contributed by atoms with van der Waals surface area (Å²) in [4.78, 5) is 23.6. The van der Waals surface area contributed by atoms with Gasteiger partial charge in [-0.05, 0) is 31.0 Å². The SMILES string of the molecule is O=C(O)[C@H]1CC=CC[C@H]1C(=O)Nc1ccc2[nH]ncc2c1. The predicted molar refractivity (Wildman–Crippen MR) is 77.7 cm³/mol. The van der Waals surface area contributed by atoms with Crippen molar-refractivity contribution in [3.63, 3.8) is 0 Å². The van der Waals surface area contributed by atoms with Crippen LogP contribution in [0.4, 0.5) is 5.69 Å². The molecule has 0 bridgehead atoms. The molecule has 0 spiro atoms. The lowest BCUT2D eigenvalue weighted by Gasteiger charge is -2.24. The number of aliphatic carboxylic acids is 1. The first-order valence-electron chi connectivity index (χ1n) is 6.77. The van der Waals surface area contributed by atoms with Crippen LogP contribution in [0.25, 0.3) is 10.9 Å². The topological polar surface area (TPSA) is 95.1 Å². The van der Waals surface area contributed by atoms with Gasteiger partial charge in [0.2, 0.25) is 5.91 Å². The summed E-state index contributed by atoms with van der Waals surface area (Å²) in [6.45, 7) is 0. The second-order valence-electron chi connectivity index (χ2n) is 5.16. The number of anilines is 1. The average Bonchev–Trinajstić information content (AvgIpc) is 2.94. The molecule has 1 amide bonds. The number of H-pyrrole nitrogens is 1. The van der Waals surface area contributed by atoms with E-state index in [4.69, 9.17) is 0 Å². The van der Waals surface area contributed by atoms with Crippen LogP contribution < -0.4 is 5.32 Å². The minimum absolute atomic E-state index is 0.255. The van der Waals surface area contributed by atoms with Crippen molar-refractivity contribution in [3.05, 3.63) is 36.5 Å². The van der Waals surface area contributed by atoms with E-state index in [1.807, 2.05) is 24.3 Å². The van der Waals surface area contributed by atoms with Crippen LogP contribution in [0.1, 0.15) is 12.8 Å². The molecule has 1 heterocycles. The van der Waals surface area contributed by atoms with Crippen molar-refractivity contribution >= 4 is 28.5 Å². The number of carbonyl (C=O) groups excluding carboxylic acids is 1. The van der Waals surface area contributed by atoms with Crippen molar-refractivity contribution in [1.82, 2.24) is 10.2 Å². The predicted octanol–water partition coefficient (Wildman–Crippen LogP) is 2.17. The number of aromatic nitrogens is 2. The van der Waals surface area contributed by atoms with Crippen LogP contribution in [0, 0.1) is 11.8 Å². The van der Waals surface area contributed by atoms with E-state index >= 15 is 0 Å². The van der Waals surface area contributed by atoms with Crippen LogP contribution >= 0.6 is 0 Å². The van der Waals surface area contributed by atoms with Crippen molar-refractivity contribution < 1.29 is 14.7 Å². The zero-order valence-electron chi connectivity index (χ0n) is 11.2. The number of fused-ring (bicyclic) bond motifs is 1. The molecule has 0 fully saturated rings. The van der Waals surface area contributed by atoms with Gasteiger partial charge in [-0.25, -0.2) is 0 Å². The van der Waals surface area contributed by atoms with Crippen molar-refractivity contribution in [3.8, 4) is 0 Å². The number of hydrogen-bond donors (Lipinski definition) is 3. The quantitative estimate of drug-likeness (QED) is 0.753. The molecule has 6 heteroatoms. The lowest BCUT2D eigenvalue weighted by molar-refractivity contribution is -0.146. The fraction of sp³-hybridized carbons (Fsp3) is 0.267. The Hall–Kier alpha value is -2.63. The number of allylic oxidation sites excluding steroid dienone is 2. The molecule has 1 aliphatic carbocycles. The van der Waals surface area contributed by atoms with Gasteiger partial charge in [0.25, 0.3) is 0 Å². The van der Waals surface area contributed by atoms with E-state index in [9.17, 15) is 14.7 Å². The maximum Gasteiger partial charge on any atom is 0.307 e. The smallest absolute Gasteiger partial charge is 0.307 e. The normalized spacial score (nSPS) is 21.3. The molecule has 1 aromatic carbocycles. The van der Waals surface area contributed by atoms with E-state index in [1.54, 1.807) is 12.3 Å². The Bertz CT molecular complexity index is 720. The first-order valence-corrected chi connectivity index (χ1v) is 6.77. The fourth-order valence-electron chi connectivity index (χ4n) is 2.63. The van der Waals surface area contributed by atoms with Gasteiger partial charge in [-0.1, -0.05) is 12.2 Å². The molecule has 2 atom stereocenters. The molecular weight excluding hydrogens is 270 g/mol. The third-order valence-electron chi connectivity index (χ3n) is 3.79. The summed E-state index contributed by atoms with van der Waals surface area (Å²) in [5, 5.41) is 19.7. The minimum atomic E-state index is -0.926. The molecule has 0 radical (unpaired) electrons. The molecule has 2 aromatic rings. The van der Waals surface area contributed by atoms with Crippen molar-refractivity contribution in [2.75, 3.05) is 5.32 Å². The third kappa shape index (κ3) is 2.65. The van der Waals surface area contributed by atoms with Gasteiger partial charge in [0.05, 0.1) is 23.5 Å². The van der Waals surface area contributed by atoms with Crippen molar-refractivity contribution in [2.24, 2.45) is 11.8 Å². The molecule has 21 heavy (non-hydrogen) atoms. The van der Waals surface area contributed by atoms with Gasteiger partial charge < -0.3 is 10.4 Å². The van der Waals surface area contributed by atoms with Crippen LogP contribution in [0.15, 0.2) is 36.5 Å². The molecule has 6 nitrogen and oxygen atoms in total. The van der Waals surface area contributed by atoms with E-state index < -0.39 is 17.8 Å². The van der Waals surface area contributed by atoms with Crippen LogP contribution in [0.3, 0.4) is 0 Å². The first kappa shape index (κ1) is 13.4. The van der Waals surface area contributed by atoms with Gasteiger partial charge in [0.15, 0.2) is 0 Å². The lowest BCUT2D eigenvalue weighted by Crippen LogP contribution is -2.34. The number of benzene rings is 1. The maximum atomic E-state index is 12.3. The molecule has 0 saturated heterocycles. The number of carboxylic acid groups (broad SMARTS) is 1.